The average Bonchev–Trinajstić information content (AvgIpc) is 2.88. The molecule has 1 aromatic heterocycles. The van der Waals surface area contributed by atoms with Crippen LogP contribution < -0.4 is 10.1 Å². The standard InChI is InChI=1S/C21H19ClF3N3O/c1-29-18-10-9-13(22)12-15(18)19-14-6-4-5-11-26-20(14)28(27-19)17-8-3-2-7-16(17)21(23,24)25/h2-3,7-10,12,26H,4-6,11H2,1H3. The van der Waals surface area contributed by atoms with Crippen LogP contribution in [0.2, 0.25) is 5.02 Å². The van der Waals surface area contributed by atoms with E-state index in [0.29, 0.717) is 40.8 Å². The molecule has 0 spiro atoms. The first-order valence-corrected chi connectivity index (χ1v) is 9.64. The predicted molar refractivity (Wildman–Crippen MR) is 107 cm³/mol. The fourth-order valence-electron chi connectivity index (χ4n) is 3.66. The van der Waals surface area contributed by atoms with Gasteiger partial charge in [0.1, 0.15) is 17.3 Å². The van der Waals surface area contributed by atoms with Crippen LogP contribution in [0, 0.1) is 0 Å². The minimum Gasteiger partial charge on any atom is -0.496 e. The Morgan fingerprint density at radius 3 is 2.69 bits per heavy atom. The molecule has 0 fully saturated rings. The van der Waals surface area contributed by atoms with Gasteiger partial charge in [0, 0.05) is 22.7 Å². The molecule has 1 aliphatic heterocycles. The lowest BCUT2D eigenvalue weighted by Gasteiger charge is -2.15. The number of hydrogen-bond donors (Lipinski definition) is 1. The Kier molecular flexibility index (Phi) is 5.17. The number of anilines is 1. The van der Waals surface area contributed by atoms with Gasteiger partial charge in [-0.05, 0) is 49.6 Å². The third-order valence-corrected chi connectivity index (χ3v) is 5.22. The summed E-state index contributed by atoms with van der Waals surface area (Å²) in [5.41, 5.74) is 1.34. The monoisotopic (exact) mass is 421 g/mol. The minimum atomic E-state index is -4.49. The topological polar surface area (TPSA) is 39.1 Å². The molecule has 29 heavy (non-hydrogen) atoms. The molecule has 0 saturated heterocycles. The maximum absolute atomic E-state index is 13.6. The molecule has 4 rings (SSSR count). The lowest BCUT2D eigenvalue weighted by Crippen LogP contribution is -2.14. The molecule has 0 amide bonds. The van der Waals surface area contributed by atoms with E-state index >= 15 is 0 Å². The number of hydrogen-bond acceptors (Lipinski definition) is 3. The number of nitrogens with one attached hydrogen (secondary N) is 1. The van der Waals surface area contributed by atoms with E-state index in [2.05, 4.69) is 10.4 Å². The maximum Gasteiger partial charge on any atom is 0.418 e. The first-order chi connectivity index (χ1) is 13.9. The second-order valence-electron chi connectivity index (χ2n) is 6.83. The quantitative estimate of drug-likeness (QED) is 0.566. The number of ether oxygens (including phenoxy) is 1. The zero-order valence-corrected chi connectivity index (χ0v) is 16.4. The van der Waals surface area contributed by atoms with Gasteiger partial charge in [-0.15, -0.1) is 0 Å². The summed E-state index contributed by atoms with van der Waals surface area (Å²) in [6, 6.07) is 10.6. The van der Waals surface area contributed by atoms with Gasteiger partial charge < -0.3 is 10.1 Å². The van der Waals surface area contributed by atoms with Crippen LogP contribution in [0.4, 0.5) is 19.0 Å². The van der Waals surface area contributed by atoms with Gasteiger partial charge in [0.2, 0.25) is 0 Å². The van der Waals surface area contributed by atoms with Gasteiger partial charge in [-0.25, -0.2) is 4.68 Å². The summed E-state index contributed by atoms with van der Waals surface area (Å²) in [6.45, 7) is 0.666. The van der Waals surface area contributed by atoms with Gasteiger partial charge >= 0.3 is 6.18 Å². The molecular weight excluding hydrogens is 403 g/mol. The summed E-state index contributed by atoms with van der Waals surface area (Å²) in [7, 11) is 1.54. The summed E-state index contributed by atoms with van der Waals surface area (Å²) in [5.74, 6) is 1.14. The molecule has 0 bridgehead atoms. The van der Waals surface area contributed by atoms with Crippen LogP contribution in [0.1, 0.15) is 24.0 Å². The van der Waals surface area contributed by atoms with Crippen LogP contribution >= 0.6 is 11.6 Å². The van der Waals surface area contributed by atoms with Crippen LogP contribution in [0.15, 0.2) is 42.5 Å². The SMILES string of the molecule is COc1ccc(Cl)cc1-c1nn(-c2ccccc2C(F)(F)F)c2c1CCCCN2. The highest BCUT2D eigenvalue weighted by molar-refractivity contribution is 6.31. The lowest BCUT2D eigenvalue weighted by atomic mass is 10.0. The molecular formula is C21H19ClF3N3O. The fraction of sp³-hybridized carbons (Fsp3) is 0.286. The van der Waals surface area contributed by atoms with E-state index in [4.69, 9.17) is 16.3 Å². The van der Waals surface area contributed by atoms with Crippen LogP contribution in [0.5, 0.6) is 5.75 Å². The number of aromatic nitrogens is 2. The lowest BCUT2D eigenvalue weighted by molar-refractivity contribution is -0.137. The van der Waals surface area contributed by atoms with E-state index in [1.807, 2.05) is 0 Å². The van der Waals surface area contributed by atoms with Gasteiger partial charge in [-0.1, -0.05) is 23.7 Å². The number of rotatable bonds is 3. The van der Waals surface area contributed by atoms with Crippen LogP contribution in [-0.2, 0) is 12.6 Å². The third kappa shape index (κ3) is 3.67. The normalized spacial score (nSPS) is 14.1. The molecule has 0 aliphatic carbocycles. The van der Waals surface area contributed by atoms with Gasteiger partial charge in [0.15, 0.2) is 0 Å². The largest absolute Gasteiger partial charge is 0.496 e. The fourth-order valence-corrected chi connectivity index (χ4v) is 3.83. The van der Waals surface area contributed by atoms with Crippen LogP contribution in [0.25, 0.3) is 16.9 Å². The molecule has 0 radical (unpaired) electrons. The third-order valence-electron chi connectivity index (χ3n) is 4.98. The smallest absolute Gasteiger partial charge is 0.418 e. The van der Waals surface area contributed by atoms with E-state index in [1.54, 1.807) is 31.4 Å². The van der Waals surface area contributed by atoms with E-state index in [1.165, 1.54) is 16.8 Å². The van der Waals surface area contributed by atoms with Crippen LogP contribution in [-0.4, -0.2) is 23.4 Å². The molecule has 0 atom stereocenters. The summed E-state index contributed by atoms with van der Waals surface area (Å²) in [6.07, 6.45) is -1.97. The Morgan fingerprint density at radius 2 is 1.93 bits per heavy atom. The molecule has 0 unspecified atom stereocenters. The zero-order valence-electron chi connectivity index (χ0n) is 15.7. The van der Waals surface area contributed by atoms with E-state index < -0.39 is 11.7 Å². The van der Waals surface area contributed by atoms with Gasteiger partial charge in [0.25, 0.3) is 0 Å². The molecule has 4 nitrogen and oxygen atoms in total. The summed E-state index contributed by atoms with van der Waals surface area (Å²) in [4.78, 5) is 0. The van der Waals surface area contributed by atoms with E-state index in [0.717, 1.165) is 24.5 Å². The van der Waals surface area contributed by atoms with Crippen molar-refractivity contribution < 1.29 is 17.9 Å². The molecule has 8 heteroatoms. The van der Waals surface area contributed by atoms with Crippen molar-refractivity contribution >= 4 is 17.4 Å². The molecule has 152 valence electrons. The zero-order chi connectivity index (χ0) is 20.6. The Balaban J connectivity index is 1.99. The maximum atomic E-state index is 13.6. The highest BCUT2D eigenvalue weighted by Crippen LogP contribution is 2.41. The van der Waals surface area contributed by atoms with Crippen molar-refractivity contribution in [3.8, 4) is 22.7 Å². The number of methoxy groups -OCH3 is 1. The second kappa shape index (κ2) is 7.63. The number of nitrogens with zero attached hydrogens (tertiary/aromatic N) is 2. The first kappa shape index (κ1) is 19.6. The predicted octanol–water partition coefficient (Wildman–Crippen LogP) is 5.97. The Morgan fingerprint density at radius 1 is 1.14 bits per heavy atom. The van der Waals surface area contributed by atoms with Crippen molar-refractivity contribution in [3.05, 3.63) is 58.6 Å². The van der Waals surface area contributed by atoms with Gasteiger partial charge in [-0.3, -0.25) is 0 Å². The summed E-state index contributed by atoms with van der Waals surface area (Å²) in [5, 5.41) is 8.39. The number of benzene rings is 2. The van der Waals surface area contributed by atoms with Gasteiger partial charge in [-0.2, -0.15) is 18.3 Å². The average molecular weight is 422 g/mol. The number of fused-ring (bicyclic) bond motifs is 1. The highest BCUT2D eigenvalue weighted by Gasteiger charge is 2.35. The molecule has 2 aromatic carbocycles. The second-order valence-corrected chi connectivity index (χ2v) is 7.27. The van der Waals surface area contributed by atoms with Crippen molar-refractivity contribution in [1.82, 2.24) is 9.78 Å². The van der Waals surface area contributed by atoms with Gasteiger partial charge in [0.05, 0.1) is 18.4 Å². The summed E-state index contributed by atoms with van der Waals surface area (Å²) < 4.78 is 47.8. The molecule has 3 aromatic rings. The van der Waals surface area contributed by atoms with Crippen molar-refractivity contribution in [3.63, 3.8) is 0 Å². The highest BCUT2D eigenvalue weighted by atomic mass is 35.5. The molecule has 0 saturated carbocycles. The van der Waals surface area contributed by atoms with Crippen LogP contribution in [0.3, 0.4) is 0 Å². The number of halogens is 4. The number of alkyl halides is 3. The number of para-hydroxylation sites is 1. The molecule has 2 heterocycles. The minimum absolute atomic E-state index is 0.0158. The first-order valence-electron chi connectivity index (χ1n) is 9.26. The van der Waals surface area contributed by atoms with Crippen molar-refractivity contribution in [2.45, 2.75) is 25.4 Å². The molecule has 1 N–H and O–H groups in total. The Labute approximate surface area is 171 Å². The van der Waals surface area contributed by atoms with Crippen molar-refractivity contribution in [2.24, 2.45) is 0 Å². The molecule has 1 aliphatic rings. The van der Waals surface area contributed by atoms with E-state index in [-0.39, 0.29) is 5.69 Å². The van der Waals surface area contributed by atoms with E-state index in [9.17, 15) is 13.2 Å². The Hall–Kier alpha value is -2.67. The Bertz CT molecular complexity index is 1050. The van der Waals surface area contributed by atoms with Crippen molar-refractivity contribution in [2.75, 3.05) is 19.0 Å². The summed E-state index contributed by atoms with van der Waals surface area (Å²) >= 11 is 6.19. The van der Waals surface area contributed by atoms with Crippen molar-refractivity contribution in [1.29, 1.82) is 0 Å².